The lowest BCUT2D eigenvalue weighted by Crippen LogP contribution is -2.27. The summed E-state index contributed by atoms with van der Waals surface area (Å²) in [7, 11) is 1.41. The Morgan fingerprint density at radius 1 is 1.30 bits per heavy atom. The summed E-state index contributed by atoms with van der Waals surface area (Å²) in [6.07, 6.45) is 0. The number of carbonyl (C=O) groups excluding carboxylic acids is 1. The molecule has 0 bridgehead atoms. The van der Waals surface area contributed by atoms with Crippen molar-refractivity contribution in [1.29, 1.82) is 0 Å². The van der Waals surface area contributed by atoms with E-state index in [0.29, 0.717) is 11.3 Å². The Kier molecular flexibility index (Phi) is 3.97. The maximum atomic E-state index is 13.8. The number of amides is 1. The molecule has 0 unspecified atom stereocenters. The van der Waals surface area contributed by atoms with Crippen LogP contribution in [0.25, 0.3) is 10.9 Å². The van der Waals surface area contributed by atoms with Crippen molar-refractivity contribution in [2.24, 2.45) is 0 Å². The number of benzene rings is 2. The Balaban J connectivity index is 1.81. The first-order valence-corrected chi connectivity index (χ1v) is 7.17. The van der Waals surface area contributed by atoms with E-state index in [0.717, 1.165) is 10.9 Å². The molecule has 0 aliphatic carbocycles. The first-order chi connectivity index (χ1) is 11.1. The predicted molar refractivity (Wildman–Crippen MR) is 84.9 cm³/mol. The van der Waals surface area contributed by atoms with E-state index in [1.165, 1.54) is 19.2 Å². The van der Waals surface area contributed by atoms with Crippen molar-refractivity contribution in [1.82, 2.24) is 15.5 Å². The van der Waals surface area contributed by atoms with Gasteiger partial charge in [0.2, 0.25) is 0 Å². The van der Waals surface area contributed by atoms with Gasteiger partial charge in [0.1, 0.15) is 0 Å². The fraction of sp³-hybridized carbons (Fsp3) is 0.176. The topological polar surface area (TPSA) is 67.0 Å². The number of methoxy groups -OCH3 is 1. The average Bonchev–Trinajstić information content (AvgIpc) is 2.98. The fourth-order valence-electron chi connectivity index (χ4n) is 2.44. The summed E-state index contributed by atoms with van der Waals surface area (Å²) in [6, 6.07) is 11.6. The van der Waals surface area contributed by atoms with Crippen molar-refractivity contribution in [3.8, 4) is 5.75 Å². The number of hydrogen-bond acceptors (Lipinski definition) is 3. The molecule has 2 aromatic carbocycles. The van der Waals surface area contributed by atoms with Crippen LogP contribution in [0, 0.1) is 5.82 Å². The van der Waals surface area contributed by atoms with Gasteiger partial charge in [0.05, 0.1) is 18.7 Å². The zero-order valence-corrected chi connectivity index (χ0v) is 12.8. The van der Waals surface area contributed by atoms with Crippen molar-refractivity contribution in [3.63, 3.8) is 0 Å². The molecule has 6 heteroatoms. The molecule has 2 N–H and O–H groups in total. The molecule has 118 valence electrons. The standard InChI is InChI=1S/C17H16FN3O2/c1-10(11-7-8-15(23-2)13(18)9-11)19-17(22)16-12-5-3-4-6-14(12)20-21-16/h3-10H,1-2H3,(H,19,22)(H,20,21)/t10-/m1/s1. The van der Waals surface area contributed by atoms with Gasteiger partial charge < -0.3 is 10.1 Å². The van der Waals surface area contributed by atoms with Gasteiger partial charge in [0.25, 0.3) is 5.91 Å². The van der Waals surface area contributed by atoms with Gasteiger partial charge in [-0.05, 0) is 30.7 Å². The van der Waals surface area contributed by atoms with Crippen molar-refractivity contribution >= 4 is 16.8 Å². The van der Waals surface area contributed by atoms with Gasteiger partial charge in [-0.15, -0.1) is 0 Å². The Bertz CT molecular complexity index is 860. The number of halogens is 1. The largest absolute Gasteiger partial charge is 0.494 e. The number of aromatic nitrogens is 2. The fourth-order valence-corrected chi connectivity index (χ4v) is 2.44. The SMILES string of the molecule is COc1ccc([C@@H](C)NC(=O)c2n[nH]c3ccccc23)cc1F. The number of rotatable bonds is 4. The minimum atomic E-state index is -0.462. The average molecular weight is 313 g/mol. The van der Waals surface area contributed by atoms with E-state index >= 15 is 0 Å². The minimum Gasteiger partial charge on any atom is -0.494 e. The summed E-state index contributed by atoms with van der Waals surface area (Å²) in [5.41, 5.74) is 1.76. The van der Waals surface area contributed by atoms with E-state index in [9.17, 15) is 9.18 Å². The van der Waals surface area contributed by atoms with Gasteiger partial charge in [0, 0.05) is 5.39 Å². The van der Waals surface area contributed by atoms with Crippen molar-refractivity contribution in [3.05, 3.63) is 59.5 Å². The summed E-state index contributed by atoms with van der Waals surface area (Å²) in [5, 5.41) is 10.4. The highest BCUT2D eigenvalue weighted by Crippen LogP contribution is 2.22. The van der Waals surface area contributed by atoms with Gasteiger partial charge in [-0.1, -0.05) is 24.3 Å². The second-order valence-electron chi connectivity index (χ2n) is 5.21. The molecule has 5 nitrogen and oxygen atoms in total. The maximum absolute atomic E-state index is 13.8. The van der Waals surface area contributed by atoms with Crippen LogP contribution in [0.4, 0.5) is 4.39 Å². The summed E-state index contributed by atoms with van der Waals surface area (Å²) < 4.78 is 18.7. The van der Waals surface area contributed by atoms with Gasteiger partial charge in [-0.3, -0.25) is 9.89 Å². The van der Waals surface area contributed by atoms with Crippen LogP contribution in [0.15, 0.2) is 42.5 Å². The van der Waals surface area contributed by atoms with Crippen LogP contribution in [0.2, 0.25) is 0 Å². The molecule has 0 saturated carbocycles. The molecular formula is C17H16FN3O2. The molecule has 0 saturated heterocycles. The lowest BCUT2D eigenvalue weighted by atomic mass is 10.1. The lowest BCUT2D eigenvalue weighted by molar-refractivity contribution is 0.0936. The maximum Gasteiger partial charge on any atom is 0.272 e. The number of hydrogen-bond donors (Lipinski definition) is 2. The van der Waals surface area contributed by atoms with E-state index in [1.807, 2.05) is 24.3 Å². The summed E-state index contributed by atoms with van der Waals surface area (Å²) in [6.45, 7) is 1.79. The molecule has 0 spiro atoms. The third-order valence-corrected chi connectivity index (χ3v) is 3.71. The zero-order valence-electron chi connectivity index (χ0n) is 12.8. The Labute approximate surface area is 132 Å². The Morgan fingerprint density at radius 2 is 2.09 bits per heavy atom. The van der Waals surface area contributed by atoms with Crippen LogP contribution in [0.3, 0.4) is 0 Å². The summed E-state index contributed by atoms with van der Waals surface area (Å²) in [5.74, 6) is -0.604. The molecule has 3 aromatic rings. The summed E-state index contributed by atoms with van der Waals surface area (Å²) >= 11 is 0. The van der Waals surface area contributed by atoms with Crippen molar-refractivity contribution < 1.29 is 13.9 Å². The number of para-hydroxylation sites is 1. The van der Waals surface area contributed by atoms with Gasteiger partial charge >= 0.3 is 0 Å². The smallest absolute Gasteiger partial charge is 0.272 e. The molecule has 0 aliphatic heterocycles. The van der Waals surface area contributed by atoms with E-state index in [1.54, 1.807) is 13.0 Å². The van der Waals surface area contributed by atoms with Crippen LogP contribution in [-0.4, -0.2) is 23.2 Å². The van der Waals surface area contributed by atoms with Crippen molar-refractivity contribution in [2.75, 3.05) is 7.11 Å². The molecule has 0 aliphatic rings. The van der Waals surface area contributed by atoms with E-state index < -0.39 is 5.82 Å². The van der Waals surface area contributed by atoms with E-state index in [2.05, 4.69) is 15.5 Å². The molecule has 1 atom stereocenters. The monoisotopic (exact) mass is 313 g/mol. The Hall–Kier alpha value is -2.89. The highest BCUT2D eigenvalue weighted by molar-refractivity contribution is 6.04. The molecular weight excluding hydrogens is 297 g/mol. The number of nitrogens with zero attached hydrogens (tertiary/aromatic N) is 1. The Morgan fingerprint density at radius 3 is 2.83 bits per heavy atom. The number of H-pyrrole nitrogens is 1. The van der Waals surface area contributed by atoms with Crippen LogP contribution in [-0.2, 0) is 0 Å². The normalized spacial score (nSPS) is 12.1. The molecule has 1 heterocycles. The summed E-state index contributed by atoms with van der Waals surface area (Å²) in [4.78, 5) is 12.4. The molecule has 0 fully saturated rings. The van der Waals surface area contributed by atoms with Gasteiger partial charge in [0.15, 0.2) is 17.3 Å². The van der Waals surface area contributed by atoms with Crippen LogP contribution < -0.4 is 10.1 Å². The highest BCUT2D eigenvalue weighted by atomic mass is 19.1. The van der Waals surface area contributed by atoms with Crippen LogP contribution in [0.1, 0.15) is 29.0 Å². The van der Waals surface area contributed by atoms with Crippen LogP contribution in [0.5, 0.6) is 5.75 Å². The quantitative estimate of drug-likeness (QED) is 0.777. The third kappa shape index (κ3) is 2.88. The first-order valence-electron chi connectivity index (χ1n) is 7.17. The molecule has 3 rings (SSSR count). The zero-order chi connectivity index (χ0) is 16.4. The molecule has 1 amide bonds. The molecule has 0 radical (unpaired) electrons. The second kappa shape index (κ2) is 6.08. The first kappa shape index (κ1) is 15.0. The van der Waals surface area contributed by atoms with Crippen LogP contribution >= 0.6 is 0 Å². The van der Waals surface area contributed by atoms with Crippen molar-refractivity contribution in [2.45, 2.75) is 13.0 Å². The number of aromatic amines is 1. The molecule has 1 aromatic heterocycles. The predicted octanol–water partition coefficient (Wildman–Crippen LogP) is 3.20. The van der Waals surface area contributed by atoms with Gasteiger partial charge in [-0.25, -0.2) is 4.39 Å². The highest BCUT2D eigenvalue weighted by Gasteiger charge is 2.17. The lowest BCUT2D eigenvalue weighted by Gasteiger charge is -2.14. The number of nitrogens with one attached hydrogen (secondary N) is 2. The van der Waals surface area contributed by atoms with Gasteiger partial charge in [-0.2, -0.15) is 5.10 Å². The number of fused-ring (bicyclic) bond motifs is 1. The minimum absolute atomic E-state index is 0.172. The second-order valence-corrected chi connectivity index (χ2v) is 5.21. The van der Waals surface area contributed by atoms with E-state index in [-0.39, 0.29) is 17.7 Å². The van der Waals surface area contributed by atoms with E-state index in [4.69, 9.17) is 4.74 Å². The molecule has 23 heavy (non-hydrogen) atoms. The third-order valence-electron chi connectivity index (χ3n) is 3.71. The number of ether oxygens (including phenoxy) is 1. The number of carbonyl (C=O) groups is 1.